The highest BCUT2D eigenvalue weighted by molar-refractivity contribution is 7.92. The fourth-order valence-corrected chi connectivity index (χ4v) is 3.02. The molecule has 2 aromatic rings. The molecule has 5 heteroatoms. The first-order chi connectivity index (χ1) is 9.45. The Kier molecular flexibility index (Phi) is 3.77. The molecule has 0 aromatic heterocycles. The van der Waals surface area contributed by atoms with Gasteiger partial charge in [0, 0.05) is 7.05 Å². The first-order valence-corrected chi connectivity index (χ1v) is 7.45. The van der Waals surface area contributed by atoms with Gasteiger partial charge in [0.25, 0.3) is 10.0 Å². The summed E-state index contributed by atoms with van der Waals surface area (Å²) in [6, 6.07) is 15.2. The average molecular weight is 286 g/mol. The van der Waals surface area contributed by atoms with Gasteiger partial charge in [0.1, 0.15) is 0 Å². The molecule has 0 heterocycles. The highest BCUT2D eigenvalue weighted by Crippen LogP contribution is 2.22. The molecule has 0 bridgehead atoms. The Balaban J connectivity index is 2.44. The second kappa shape index (κ2) is 5.35. The zero-order chi connectivity index (χ0) is 14.8. The third-order valence-electron chi connectivity index (χ3n) is 3.02. The summed E-state index contributed by atoms with van der Waals surface area (Å²) in [5.41, 5.74) is 1.97. The molecule has 0 aliphatic carbocycles. The minimum absolute atomic E-state index is 0.111. The van der Waals surface area contributed by atoms with Crippen LogP contribution < -0.4 is 4.31 Å². The Morgan fingerprint density at radius 2 is 1.75 bits per heavy atom. The number of nitrogens with zero attached hydrogens (tertiary/aromatic N) is 2. The van der Waals surface area contributed by atoms with Gasteiger partial charge in [0.05, 0.1) is 22.2 Å². The van der Waals surface area contributed by atoms with Gasteiger partial charge in [-0.3, -0.25) is 4.31 Å². The lowest BCUT2D eigenvalue weighted by Gasteiger charge is -2.19. The van der Waals surface area contributed by atoms with Gasteiger partial charge < -0.3 is 0 Å². The van der Waals surface area contributed by atoms with Crippen molar-refractivity contribution >= 4 is 15.7 Å². The van der Waals surface area contributed by atoms with Crippen molar-refractivity contribution < 1.29 is 8.42 Å². The van der Waals surface area contributed by atoms with Crippen molar-refractivity contribution in [3.05, 3.63) is 59.7 Å². The summed E-state index contributed by atoms with van der Waals surface area (Å²) in [6.07, 6.45) is 0. The second-order valence-corrected chi connectivity index (χ2v) is 6.42. The van der Waals surface area contributed by atoms with Crippen molar-refractivity contribution in [2.24, 2.45) is 0 Å². The zero-order valence-electron chi connectivity index (χ0n) is 11.2. The standard InChI is InChI=1S/C15H14N2O2S/c1-12-6-8-14(9-7-12)17(2)20(18,19)15-5-3-4-13(10-15)11-16/h3-10H,1-2H3. The minimum atomic E-state index is -3.66. The van der Waals surface area contributed by atoms with E-state index in [4.69, 9.17) is 5.26 Å². The summed E-state index contributed by atoms with van der Waals surface area (Å²) >= 11 is 0. The van der Waals surface area contributed by atoms with Crippen LogP contribution in [0.2, 0.25) is 0 Å². The summed E-state index contributed by atoms with van der Waals surface area (Å²) < 4.78 is 26.2. The molecule has 0 atom stereocenters. The molecular weight excluding hydrogens is 272 g/mol. The number of anilines is 1. The molecule has 0 saturated carbocycles. The molecule has 0 saturated heterocycles. The lowest BCUT2D eigenvalue weighted by Crippen LogP contribution is -2.26. The van der Waals surface area contributed by atoms with E-state index in [1.54, 1.807) is 24.3 Å². The molecule has 2 aromatic carbocycles. The van der Waals surface area contributed by atoms with Gasteiger partial charge in [-0.25, -0.2) is 8.42 Å². The molecule has 0 fully saturated rings. The maximum Gasteiger partial charge on any atom is 0.264 e. The monoisotopic (exact) mass is 286 g/mol. The van der Waals surface area contributed by atoms with Crippen molar-refractivity contribution in [2.75, 3.05) is 11.4 Å². The van der Waals surface area contributed by atoms with Crippen LogP contribution in [0.4, 0.5) is 5.69 Å². The highest BCUT2D eigenvalue weighted by Gasteiger charge is 2.21. The largest absolute Gasteiger partial charge is 0.269 e. The summed E-state index contributed by atoms with van der Waals surface area (Å²) in [5, 5.41) is 8.86. The van der Waals surface area contributed by atoms with Crippen molar-refractivity contribution in [3.63, 3.8) is 0 Å². The van der Waals surface area contributed by atoms with Crippen LogP contribution in [0.15, 0.2) is 53.4 Å². The SMILES string of the molecule is Cc1ccc(N(C)S(=O)(=O)c2cccc(C#N)c2)cc1. The molecule has 0 radical (unpaired) electrons. The van der Waals surface area contributed by atoms with E-state index in [-0.39, 0.29) is 4.90 Å². The highest BCUT2D eigenvalue weighted by atomic mass is 32.2. The first-order valence-electron chi connectivity index (χ1n) is 6.01. The number of hydrogen-bond donors (Lipinski definition) is 0. The zero-order valence-corrected chi connectivity index (χ0v) is 12.1. The fourth-order valence-electron chi connectivity index (χ4n) is 1.78. The van der Waals surface area contributed by atoms with Crippen molar-refractivity contribution in [3.8, 4) is 6.07 Å². The van der Waals surface area contributed by atoms with Crippen LogP contribution in [0.3, 0.4) is 0 Å². The number of nitriles is 1. The molecule has 0 aliphatic heterocycles. The van der Waals surface area contributed by atoms with Crippen LogP contribution in [0.5, 0.6) is 0 Å². The maximum absolute atomic E-state index is 12.5. The van der Waals surface area contributed by atoms with Gasteiger partial charge in [-0.1, -0.05) is 23.8 Å². The topological polar surface area (TPSA) is 61.2 Å². The lowest BCUT2D eigenvalue weighted by molar-refractivity contribution is 0.594. The number of benzene rings is 2. The molecule has 0 spiro atoms. The van der Waals surface area contributed by atoms with Gasteiger partial charge in [0.2, 0.25) is 0 Å². The Hall–Kier alpha value is -2.32. The molecule has 0 N–H and O–H groups in total. The van der Waals surface area contributed by atoms with Crippen molar-refractivity contribution in [2.45, 2.75) is 11.8 Å². The smallest absolute Gasteiger partial charge is 0.264 e. The Morgan fingerprint density at radius 3 is 2.35 bits per heavy atom. The van der Waals surface area contributed by atoms with Crippen LogP contribution in [0.25, 0.3) is 0 Å². The Morgan fingerprint density at radius 1 is 1.10 bits per heavy atom. The molecule has 0 amide bonds. The molecule has 0 aliphatic rings. The third-order valence-corrected chi connectivity index (χ3v) is 4.80. The van der Waals surface area contributed by atoms with Gasteiger partial charge in [-0.2, -0.15) is 5.26 Å². The van der Waals surface area contributed by atoms with E-state index < -0.39 is 10.0 Å². The van der Waals surface area contributed by atoms with E-state index in [1.165, 1.54) is 23.5 Å². The maximum atomic E-state index is 12.5. The summed E-state index contributed by atoms with van der Waals surface area (Å²) in [7, 11) is -2.16. The normalized spacial score (nSPS) is 10.8. The van der Waals surface area contributed by atoms with Gasteiger partial charge in [-0.05, 0) is 37.3 Å². The molecular formula is C15H14N2O2S. The molecule has 2 rings (SSSR count). The minimum Gasteiger partial charge on any atom is -0.269 e. The van der Waals surface area contributed by atoms with Gasteiger partial charge in [-0.15, -0.1) is 0 Å². The molecule has 0 unspecified atom stereocenters. The van der Waals surface area contributed by atoms with E-state index in [0.29, 0.717) is 11.3 Å². The lowest BCUT2D eigenvalue weighted by atomic mass is 10.2. The third kappa shape index (κ3) is 2.65. The van der Waals surface area contributed by atoms with Crippen LogP contribution in [-0.4, -0.2) is 15.5 Å². The number of hydrogen-bond acceptors (Lipinski definition) is 3. The molecule has 4 nitrogen and oxygen atoms in total. The predicted octanol–water partition coefficient (Wildman–Crippen LogP) is 2.69. The van der Waals surface area contributed by atoms with Crippen molar-refractivity contribution in [1.82, 2.24) is 0 Å². The van der Waals surface area contributed by atoms with Crippen LogP contribution in [-0.2, 0) is 10.0 Å². The van der Waals surface area contributed by atoms with Gasteiger partial charge in [0.15, 0.2) is 0 Å². The quantitative estimate of drug-likeness (QED) is 0.871. The second-order valence-electron chi connectivity index (χ2n) is 4.45. The van der Waals surface area contributed by atoms with E-state index in [9.17, 15) is 8.42 Å². The van der Waals surface area contributed by atoms with Gasteiger partial charge >= 0.3 is 0 Å². The summed E-state index contributed by atoms with van der Waals surface area (Å²) in [6.45, 7) is 1.94. The Labute approximate surface area is 118 Å². The number of rotatable bonds is 3. The molecule has 102 valence electrons. The first kappa shape index (κ1) is 14.1. The van der Waals surface area contributed by atoms with Crippen LogP contribution >= 0.6 is 0 Å². The van der Waals surface area contributed by atoms with E-state index >= 15 is 0 Å². The van der Waals surface area contributed by atoms with Crippen molar-refractivity contribution in [1.29, 1.82) is 5.26 Å². The number of sulfonamides is 1. The predicted molar refractivity (Wildman–Crippen MR) is 77.9 cm³/mol. The number of aryl methyl sites for hydroxylation is 1. The van der Waals surface area contributed by atoms with E-state index in [1.807, 2.05) is 25.1 Å². The fraction of sp³-hybridized carbons (Fsp3) is 0.133. The Bertz CT molecular complexity index is 759. The van der Waals surface area contributed by atoms with E-state index in [2.05, 4.69) is 0 Å². The average Bonchev–Trinajstić information content (AvgIpc) is 2.47. The van der Waals surface area contributed by atoms with Crippen LogP contribution in [0, 0.1) is 18.3 Å². The summed E-state index contributed by atoms with van der Waals surface area (Å²) in [5.74, 6) is 0. The molecule has 20 heavy (non-hydrogen) atoms. The van der Waals surface area contributed by atoms with Crippen LogP contribution in [0.1, 0.15) is 11.1 Å². The van der Waals surface area contributed by atoms with E-state index in [0.717, 1.165) is 5.56 Å². The summed E-state index contributed by atoms with van der Waals surface area (Å²) in [4.78, 5) is 0.111.